The Morgan fingerprint density at radius 3 is 2.28 bits per heavy atom. The zero-order valence-electron chi connectivity index (χ0n) is 17.9. The summed E-state index contributed by atoms with van der Waals surface area (Å²) in [7, 11) is 0. The summed E-state index contributed by atoms with van der Waals surface area (Å²) in [5, 5.41) is 6.89. The van der Waals surface area contributed by atoms with Crippen LogP contribution in [-0.2, 0) is 11.2 Å². The zero-order chi connectivity index (χ0) is 22.3. The topological polar surface area (TPSA) is 74.0 Å². The Kier molecular flexibility index (Phi) is 6.46. The number of aryl methyl sites for hydroxylation is 1. The van der Waals surface area contributed by atoms with Crippen LogP contribution in [0.25, 0.3) is 17.0 Å². The van der Waals surface area contributed by atoms with Gasteiger partial charge in [0, 0.05) is 28.7 Å². The third-order valence-electron chi connectivity index (χ3n) is 5.33. The van der Waals surface area contributed by atoms with Gasteiger partial charge in [-0.05, 0) is 48.7 Å². The van der Waals surface area contributed by atoms with Crippen LogP contribution >= 0.6 is 0 Å². The fraction of sp³-hybridized carbons (Fsp3) is 0.111. The van der Waals surface area contributed by atoms with Gasteiger partial charge in [-0.1, -0.05) is 66.7 Å². The molecular formula is C27H25N3O2. The van der Waals surface area contributed by atoms with Gasteiger partial charge in [0.15, 0.2) is 0 Å². The molecule has 0 aliphatic rings. The third kappa shape index (κ3) is 4.95. The number of para-hydroxylation sites is 1. The van der Waals surface area contributed by atoms with Crippen molar-refractivity contribution >= 4 is 28.8 Å². The first-order chi connectivity index (χ1) is 15.6. The van der Waals surface area contributed by atoms with Crippen LogP contribution in [0.4, 0.5) is 0 Å². The highest BCUT2D eigenvalue weighted by Gasteiger charge is 2.15. The second-order valence-corrected chi connectivity index (χ2v) is 7.57. The van der Waals surface area contributed by atoms with E-state index < -0.39 is 0 Å². The van der Waals surface area contributed by atoms with Gasteiger partial charge in [-0.3, -0.25) is 9.59 Å². The zero-order valence-corrected chi connectivity index (χ0v) is 17.9. The Balaban J connectivity index is 1.49. The van der Waals surface area contributed by atoms with Crippen molar-refractivity contribution in [2.45, 2.75) is 13.3 Å². The molecule has 1 heterocycles. The summed E-state index contributed by atoms with van der Waals surface area (Å²) in [5.41, 5.74) is 4.90. The molecule has 0 radical (unpaired) electrons. The fourth-order valence-corrected chi connectivity index (χ4v) is 3.71. The van der Waals surface area contributed by atoms with E-state index in [-0.39, 0.29) is 17.5 Å². The van der Waals surface area contributed by atoms with Gasteiger partial charge in [-0.15, -0.1) is 0 Å². The summed E-state index contributed by atoms with van der Waals surface area (Å²) in [4.78, 5) is 29.0. The normalized spacial score (nSPS) is 11.3. The Morgan fingerprint density at radius 1 is 0.875 bits per heavy atom. The van der Waals surface area contributed by atoms with E-state index in [9.17, 15) is 9.59 Å². The number of benzene rings is 3. The van der Waals surface area contributed by atoms with Gasteiger partial charge in [0.05, 0.1) is 0 Å². The Labute approximate surface area is 187 Å². The summed E-state index contributed by atoms with van der Waals surface area (Å²) < 4.78 is 0. The number of H-pyrrole nitrogens is 1. The predicted molar refractivity (Wildman–Crippen MR) is 128 cm³/mol. The van der Waals surface area contributed by atoms with Crippen LogP contribution in [0, 0.1) is 6.92 Å². The highest BCUT2D eigenvalue weighted by atomic mass is 16.2. The van der Waals surface area contributed by atoms with Crippen LogP contribution in [0.1, 0.15) is 27.2 Å². The lowest BCUT2D eigenvalue weighted by atomic mass is 10.1. The molecule has 32 heavy (non-hydrogen) atoms. The average Bonchev–Trinajstić information content (AvgIpc) is 3.15. The molecule has 2 amide bonds. The number of carbonyl (C=O) groups excluding carboxylic acids is 2. The van der Waals surface area contributed by atoms with Gasteiger partial charge >= 0.3 is 0 Å². The first kappa shape index (κ1) is 21.1. The first-order valence-electron chi connectivity index (χ1n) is 10.6. The smallest absolute Gasteiger partial charge is 0.267 e. The Bertz CT molecular complexity index is 1260. The quantitative estimate of drug-likeness (QED) is 0.380. The minimum absolute atomic E-state index is 0.209. The van der Waals surface area contributed by atoms with Gasteiger partial charge in [0.1, 0.15) is 5.70 Å². The van der Waals surface area contributed by atoms with E-state index in [0.717, 1.165) is 22.2 Å². The molecule has 5 heteroatoms. The molecule has 4 rings (SSSR count). The van der Waals surface area contributed by atoms with Crippen molar-refractivity contribution in [1.82, 2.24) is 15.6 Å². The number of carbonyl (C=O) groups is 2. The van der Waals surface area contributed by atoms with Gasteiger partial charge in [0.2, 0.25) is 0 Å². The van der Waals surface area contributed by atoms with Crippen LogP contribution < -0.4 is 10.6 Å². The Morgan fingerprint density at radius 2 is 1.53 bits per heavy atom. The SMILES string of the molecule is Cc1[nH]c2ccccc2c1CCNC(=O)C(=Cc1ccccc1)NC(=O)c1ccccc1. The number of hydrogen-bond donors (Lipinski definition) is 3. The number of hydrogen-bond acceptors (Lipinski definition) is 2. The molecule has 0 bridgehead atoms. The molecule has 4 aromatic rings. The molecule has 0 atom stereocenters. The van der Waals surface area contributed by atoms with Gasteiger partial charge < -0.3 is 15.6 Å². The maximum absolute atomic E-state index is 13.0. The number of aromatic nitrogens is 1. The maximum atomic E-state index is 13.0. The highest BCUT2D eigenvalue weighted by molar-refractivity contribution is 6.05. The van der Waals surface area contributed by atoms with Crippen LogP contribution in [0.15, 0.2) is 90.6 Å². The minimum atomic E-state index is -0.324. The lowest BCUT2D eigenvalue weighted by Gasteiger charge is -2.11. The van der Waals surface area contributed by atoms with Crippen LogP contribution in [0.2, 0.25) is 0 Å². The second kappa shape index (κ2) is 9.79. The largest absolute Gasteiger partial charge is 0.358 e. The lowest BCUT2D eigenvalue weighted by molar-refractivity contribution is -0.117. The number of aromatic amines is 1. The first-order valence-corrected chi connectivity index (χ1v) is 10.6. The van der Waals surface area contributed by atoms with E-state index in [4.69, 9.17) is 0 Å². The lowest BCUT2D eigenvalue weighted by Crippen LogP contribution is -2.35. The monoisotopic (exact) mass is 423 g/mol. The standard InChI is InChI=1S/C27H25N3O2/c1-19-22(23-14-8-9-15-24(23)29-19)16-17-28-27(32)25(18-20-10-4-2-5-11-20)30-26(31)21-12-6-3-7-13-21/h2-15,18,29H,16-17H2,1H3,(H,28,32)(H,30,31). The molecule has 3 N–H and O–H groups in total. The summed E-state index contributed by atoms with van der Waals surface area (Å²) in [6.45, 7) is 2.49. The predicted octanol–water partition coefficient (Wildman–Crippen LogP) is 4.61. The molecule has 0 saturated heterocycles. The van der Waals surface area contributed by atoms with E-state index in [0.29, 0.717) is 18.5 Å². The summed E-state index contributed by atoms with van der Waals surface area (Å²) in [6.07, 6.45) is 2.37. The molecule has 0 aliphatic carbocycles. The molecule has 0 spiro atoms. The molecule has 160 valence electrons. The molecule has 0 aliphatic heterocycles. The van der Waals surface area contributed by atoms with E-state index in [2.05, 4.69) is 21.7 Å². The maximum Gasteiger partial charge on any atom is 0.267 e. The van der Waals surface area contributed by atoms with Crippen LogP contribution in [-0.4, -0.2) is 23.3 Å². The molecular weight excluding hydrogens is 398 g/mol. The van der Waals surface area contributed by atoms with Crippen molar-refractivity contribution in [3.8, 4) is 0 Å². The van der Waals surface area contributed by atoms with E-state index >= 15 is 0 Å². The van der Waals surface area contributed by atoms with Crippen molar-refractivity contribution in [2.75, 3.05) is 6.54 Å². The number of amides is 2. The van der Waals surface area contributed by atoms with Gasteiger partial charge in [-0.25, -0.2) is 0 Å². The average molecular weight is 424 g/mol. The van der Waals surface area contributed by atoms with Crippen LogP contribution in [0.5, 0.6) is 0 Å². The van der Waals surface area contributed by atoms with E-state index in [1.165, 1.54) is 5.56 Å². The van der Waals surface area contributed by atoms with E-state index in [1.54, 1.807) is 30.3 Å². The molecule has 0 unspecified atom stereocenters. The minimum Gasteiger partial charge on any atom is -0.358 e. The molecule has 0 fully saturated rings. The fourth-order valence-electron chi connectivity index (χ4n) is 3.71. The molecule has 0 saturated carbocycles. The number of nitrogens with one attached hydrogen (secondary N) is 3. The molecule has 5 nitrogen and oxygen atoms in total. The molecule has 3 aromatic carbocycles. The van der Waals surface area contributed by atoms with E-state index in [1.807, 2.05) is 61.5 Å². The molecule has 1 aromatic heterocycles. The van der Waals surface area contributed by atoms with Gasteiger partial charge in [-0.2, -0.15) is 0 Å². The van der Waals surface area contributed by atoms with Crippen molar-refractivity contribution in [3.63, 3.8) is 0 Å². The summed E-state index contributed by atoms with van der Waals surface area (Å²) in [6, 6.07) is 26.5. The highest BCUT2D eigenvalue weighted by Crippen LogP contribution is 2.22. The van der Waals surface area contributed by atoms with Crippen molar-refractivity contribution in [1.29, 1.82) is 0 Å². The van der Waals surface area contributed by atoms with Crippen molar-refractivity contribution < 1.29 is 9.59 Å². The van der Waals surface area contributed by atoms with Crippen molar-refractivity contribution in [3.05, 3.63) is 113 Å². The second-order valence-electron chi connectivity index (χ2n) is 7.57. The number of rotatable bonds is 7. The van der Waals surface area contributed by atoms with Crippen molar-refractivity contribution in [2.24, 2.45) is 0 Å². The van der Waals surface area contributed by atoms with Gasteiger partial charge in [0.25, 0.3) is 11.8 Å². The summed E-state index contributed by atoms with van der Waals surface area (Å²) in [5.74, 6) is -0.647. The summed E-state index contributed by atoms with van der Waals surface area (Å²) >= 11 is 0. The third-order valence-corrected chi connectivity index (χ3v) is 5.33. The van der Waals surface area contributed by atoms with Crippen LogP contribution in [0.3, 0.4) is 0 Å². The Hall–Kier alpha value is -4.12. The number of fused-ring (bicyclic) bond motifs is 1.